The van der Waals surface area contributed by atoms with Gasteiger partial charge < -0.3 is 14.8 Å². The summed E-state index contributed by atoms with van der Waals surface area (Å²) < 4.78 is 10.9. The molecule has 0 aliphatic heterocycles. The molecular formula is C13H21ClN2O2. The van der Waals surface area contributed by atoms with Gasteiger partial charge in [0, 0.05) is 19.2 Å². The Bertz CT molecular complexity index is 342. The molecular weight excluding hydrogens is 252 g/mol. The van der Waals surface area contributed by atoms with E-state index in [-0.39, 0.29) is 12.1 Å². The van der Waals surface area contributed by atoms with E-state index in [2.05, 4.69) is 10.3 Å². The lowest BCUT2D eigenvalue weighted by Crippen LogP contribution is -2.26. The summed E-state index contributed by atoms with van der Waals surface area (Å²) in [5.74, 6) is 2.07. The van der Waals surface area contributed by atoms with Crippen LogP contribution in [0.25, 0.3) is 0 Å². The number of halogens is 1. The van der Waals surface area contributed by atoms with E-state index in [1.54, 1.807) is 13.3 Å². The molecule has 0 aliphatic carbocycles. The van der Waals surface area contributed by atoms with E-state index in [0.29, 0.717) is 12.5 Å². The summed E-state index contributed by atoms with van der Waals surface area (Å²) in [6.45, 7) is 4.56. The number of anilines is 1. The number of pyridine rings is 1. The molecule has 102 valence electrons. The molecule has 0 spiro atoms. The molecule has 0 saturated heterocycles. The number of ether oxygens (including phenoxy) is 2. The summed E-state index contributed by atoms with van der Waals surface area (Å²) in [6.07, 6.45) is 2.66. The van der Waals surface area contributed by atoms with E-state index >= 15 is 0 Å². The van der Waals surface area contributed by atoms with Crippen molar-refractivity contribution in [2.75, 3.05) is 24.9 Å². The number of alkyl halides is 1. The lowest BCUT2D eigenvalue weighted by atomic mass is 10.2. The third-order valence-corrected chi connectivity index (χ3v) is 2.52. The van der Waals surface area contributed by atoms with Crippen molar-refractivity contribution < 1.29 is 9.47 Å². The minimum atomic E-state index is 0.114. The van der Waals surface area contributed by atoms with E-state index in [4.69, 9.17) is 21.1 Å². The summed E-state index contributed by atoms with van der Waals surface area (Å²) in [5, 5.41) is 3.31. The molecule has 0 bridgehead atoms. The third-order valence-electron chi connectivity index (χ3n) is 2.30. The Morgan fingerprint density at radius 3 is 2.83 bits per heavy atom. The fourth-order valence-electron chi connectivity index (χ4n) is 1.57. The second-order valence-corrected chi connectivity index (χ2v) is 4.67. The summed E-state index contributed by atoms with van der Waals surface area (Å²) in [4.78, 5) is 4.30. The van der Waals surface area contributed by atoms with Gasteiger partial charge >= 0.3 is 0 Å². The number of rotatable bonds is 8. The molecule has 5 heteroatoms. The maximum absolute atomic E-state index is 5.78. The molecule has 0 fully saturated rings. The molecule has 0 amide bonds. The number of aromatic nitrogens is 1. The molecule has 0 saturated carbocycles. The number of hydrogen-bond donors (Lipinski definition) is 1. The van der Waals surface area contributed by atoms with Gasteiger partial charge in [-0.05, 0) is 32.4 Å². The van der Waals surface area contributed by atoms with Crippen LogP contribution < -0.4 is 10.1 Å². The van der Waals surface area contributed by atoms with Crippen molar-refractivity contribution in [3.63, 3.8) is 0 Å². The predicted octanol–water partition coefficient (Wildman–Crippen LogP) is 2.92. The Kier molecular flexibility index (Phi) is 6.83. The first-order chi connectivity index (χ1) is 8.67. The average molecular weight is 273 g/mol. The van der Waals surface area contributed by atoms with Crippen molar-refractivity contribution in [1.29, 1.82) is 0 Å². The van der Waals surface area contributed by atoms with Crippen LogP contribution in [0.15, 0.2) is 18.3 Å². The van der Waals surface area contributed by atoms with Crippen molar-refractivity contribution in [3.05, 3.63) is 18.3 Å². The highest BCUT2D eigenvalue weighted by atomic mass is 35.5. The van der Waals surface area contributed by atoms with Crippen LogP contribution in [0.5, 0.6) is 5.75 Å². The van der Waals surface area contributed by atoms with Crippen LogP contribution in [-0.2, 0) is 4.74 Å². The summed E-state index contributed by atoms with van der Waals surface area (Å²) in [5.41, 5.74) is 0. The van der Waals surface area contributed by atoms with Gasteiger partial charge in [-0.15, -0.1) is 11.6 Å². The SMILES string of the molecule is COCC(CCCl)Nc1ncccc1OC(C)C. The molecule has 1 atom stereocenters. The highest BCUT2D eigenvalue weighted by molar-refractivity contribution is 6.17. The van der Waals surface area contributed by atoms with Crippen LogP contribution in [0.3, 0.4) is 0 Å². The Morgan fingerprint density at radius 1 is 1.44 bits per heavy atom. The van der Waals surface area contributed by atoms with Crippen molar-refractivity contribution in [1.82, 2.24) is 4.98 Å². The van der Waals surface area contributed by atoms with E-state index in [9.17, 15) is 0 Å². The second kappa shape index (κ2) is 8.16. The molecule has 4 nitrogen and oxygen atoms in total. The normalized spacial score (nSPS) is 12.5. The van der Waals surface area contributed by atoms with Gasteiger partial charge in [0.2, 0.25) is 0 Å². The lowest BCUT2D eigenvalue weighted by molar-refractivity contribution is 0.184. The van der Waals surface area contributed by atoms with Crippen LogP contribution in [0.1, 0.15) is 20.3 Å². The predicted molar refractivity (Wildman–Crippen MR) is 74.6 cm³/mol. The summed E-state index contributed by atoms with van der Waals surface area (Å²) in [7, 11) is 1.67. The maximum Gasteiger partial charge on any atom is 0.169 e. The van der Waals surface area contributed by atoms with Gasteiger partial charge in [0.15, 0.2) is 11.6 Å². The van der Waals surface area contributed by atoms with E-state index in [1.807, 2.05) is 26.0 Å². The lowest BCUT2D eigenvalue weighted by Gasteiger charge is -2.20. The second-order valence-electron chi connectivity index (χ2n) is 4.29. The van der Waals surface area contributed by atoms with Gasteiger partial charge in [0.25, 0.3) is 0 Å². The van der Waals surface area contributed by atoms with Crippen molar-refractivity contribution in [3.8, 4) is 5.75 Å². The molecule has 1 aromatic heterocycles. The number of hydrogen-bond acceptors (Lipinski definition) is 4. The van der Waals surface area contributed by atoms with Gasteiger partial charge in [-0.1, -0.05) is 0 Å². The van der Waals surface area contributed by atoms with E-state index in [0.717, 1.165) is 18.0 Å². The Balaban J connectivity index is 2.74. The number of nitrogens with zero attached hydrogens (tertiary/aromatic N) is 1. The zero-order valence-corrected chi connectivity index (χ0v) is 11.9. The smallest absolute Gasteiger partial charge is 0.169 e. The highest BCUT2D eigenvalue weighted by Gasteiger charge is 2.12. The quantitative estimate of drug-likeness (QED) is 0.739. The third kappa shape index (κ3) is 5.10. The zero-order chi connectivity index (χ0) is 13.4. The van der Waals surface area contributed by atoms with E-state index in [1.165, 1.54) is 0 Å². The first kappa shape index (κ1) is 15.1. The monoisotopic (exact) mass is 272 g/mol. The molecule has 1 N–H and O–H groups in total. The van der Waals surface area contributed by atoms with Crippen LogP contribution in [-0.4, -0.2) is 36.7 Å². The van der Waals surface area contributed by atoms with Crippen molar-refractivity contribution in [2.45, 2.75) is 32.4 Å². The van der Waals surface area contributed by atoms with Gasteiger partial charge in [-0.3, -0.25) is 0 Å². The molecule has 1 aromatic rings. The van der Waals surface area contributed by atoms with Gasteiger partial charge in [-0.25, -0.2) is 4.98 Å². The van der Waals surface area contributed by atoms with Crippen molar-refractivity contribution >= 4 is 17.4 Å². The van der Waals surface area contributed by atoms with Crippen molar-refractivity contribution in [2.24, 2.45) is 0 Å². The van der Waals surface area contributed by atoms with E-state index < -0.39 is 0 Å². The van der Waals surface area contributed by atoms with Crippen LogP contribution >= 0.6 is 11.6 Å². The van der Waals surface area contributed by atoms with Gasteiger partial charge in [-0.2, -0.15) is 0 Å². The Labute approximate surface area is 114 Å². The summed E-state index contributed by atoms with van der Waals surface area (Å²) in [6, 6.07) is 3.90. The zero-order valence-electron chi connectivity index (χ0n) is 11.1. The molecule has 0 radical (unpaired) electrons. The molecule has 0 aliphatic rings. The maximum atomic E-state index is 5.78. The van der Waals surface area contributed by atoms with Crippen LogP contribution in [0, 0.1) is 0 Å². The molecule has 18 heavy (non-hydrogen) atoms. The van der Waals surface area contributed by atoms with Gasteiger partial charge in [0.1, 0.15) is 0 Å². The minimum absolute atomic E-state index is 0.114. The number of methoxy groups -OCH3 is 1. The summed E-state index contributed by atoms with van der Waals surface area (Å²) >= 11 is 5.78. The first-order valence-corrected chi connectivity index (χ1v) is 6.64. The minimum Gasteiger partial charge on any atom is -0.487 e. The molecule has 1 heterocycles. The number of nitrogens with one attached hydrogen (secondary N) is 1. The fraction of sp³-hybridized carbons (Fsp3) is 0.615. The topological polar surface area (TPSA) is 43.4 Å². The van der Waals surface area contributed by atoms with Crippen LogP contribution in [0.2, 0.25) is 0 Å². The molecule has 1 rings (SSSR count). The standard InChI is InChI=1S/C13H21ClN2O2/c1-10(2)18-12-5-4-8-15-13(12)16-11(6-7-14)9-17-3/h4-5,8,10-11H,6-7,9H2,1-3H3,(H,15,16). The average Bonchev–Trinajstić information content (AvgIpc) is 2.31. The fourth-order valence-corrected chi connectivity index (χ4v) is 1.83. The Morgan fingerprint density at radius 2 is 2.22 bits per heavy atom. The molecule has 0 aromatic carbocycles. The largest absolute Gasteiger partial charge is 0.487 e. The van der Waals surface area contributed by atoms with Crippen LogP contribution in [0.4, 0.5) is 5.82 Å². The van der Waals surface area contributed by atoms with Gasteiger partial charge in [0.05, 0.1) is 18.8 Å². The highest BCUT2D eigenvalue weighted by Crippen LogP contribution is 2.23. The first-order valence-electron chi connectivity index (χ1n) is 6.10. The Hall–Kier alpha value is -1.00. The molecule has 1 unspecified atom stereocenters.